The molecule has 0 bridgehead atoms. The van der Waals surface area contributed by atoms with Gasteiger partial charge in [0.2, 0.25) is 0 Å². The molecule has 0 radical (unpaired) electrons. The molecule has 8 heteroatoms. The minimum absolute atomic E-state index is 0.0218. The van der Waals surface area contributed by atoms with Gasteiger partial charge in [0.05, 0.1) is 5.69 Å². The van der Waals surface area contributed by atoms with Crippen molar-refractivity contribution in [3.63, 3.8) is 0 Å². The molecule has 3 aromatic rings. The number of rotatable bonds is 4. The van der Waals surface area contributed by atoms with Gasteiger partial charge >= 0.3 is 0 Å². The largest absolute Gasteiger partial charge is 0.354 e. The SMILES string of the molecule is CC(=O)c1ccc(-c2cc(N3C[C@H](c4cc(F)c(F)cc4F)[C@@H](N)C3)ncn2)cc1. The van der Waals surface area contributed by atoms with E-state index >= 15 is 0 Å². The number of nitrogens with two attached hydrogens (primary N) is 1. The van der Waals surface area contributed by atoms with Gasteiger partial charge in [-0.15, -0.1) is 0 Å². The number of anilines is 1. The standard InChI is InChI=1S/C22H19F3N4O/c1-12(30)13-2-4-14(5-3-13)21-8-22(28-11-27-21)29-9-16(20(26)10-29)15-6-18(24)19(25)7-17(15)23/h2-8,11,16,20H,9-10,26H2,1H3/t16-,20+/m1/s1. The Balaban J connectivity index is 1.59. The van der Waals surface area contributed by atoms with Crippen LogP contribution in [0.5, 0.6) is 0 Å². The molecule has 1 fully saturated rings. The first-order valence-corrected chi connectivity index (χ1v) is 9.42. The maximum absolute atomic E-state index is 14.2. The molecule has 2 N–H and O–H groups in total. The zero-order valence-electron chi connectivity index (χ0n) is 16.1. The van der Waals surface area contributed by atoms with Crippen molar-refractivity contribution in [2.75, 3.05) is 18.0 Å². The lowest BCUT2D eigenvalue weighted by atomic mass is 9.94. The van der Waals surface area contributed by atoms with Crippen molar-refractivity contribution in [1.82, 2.24) is 9.97 Å². The molecule has 2 atom stereocenters. The first-order chi connectivity index (χ1) is 14.3. The van der Waals surface area contributed by atoms with E-state index in [1.807, 2.05) is 4.90 Å². The Morgan fingerprint density at radius 1 is 1.00 bits per heavy atom. The van der Waals surface area contributed by atoms with Crippen LogP contribution in [0.15, 0.2) is 48.8 Å². The van der Waals surface area contributed by atoms with Gasteiger partial charge < -0.3 is 10.6 Å². The number of hydrogen-bond acceptors (Lipinski definition) is 5. The van der Waals surface area contributed by atoms with Crippen molar-refractivity contribution in [3.05, 3.63) is 77.4 Å². The van der Waals surface area contributed by atoms with Crippen LogP contribution in [0.1, 0.15) is 28.8 Å². The van der Waals surface area contributed by atoms with Crippen LogP contribution in [0.4, 0.5) is 19.0 Å². The molecule has 0 saturated carbocycles. The number of carbonyl (C=O) groups excluding carboxylic acids is 1. The van der Waals surface area contributed by atoms with Gasteiger partial charge in [0, 0.05) is 48.3 Å². The van der Waals surface area contributed by atoms with Crippen molar-refractivity contribution < 1.29 is 18.0 Å². The highest BCUT2D eigenvalue weighted by Crippen LogP contribution is 2.32. The second kappa shape index (κ2) is 7.87. The molecular formula is C22H19F3N4O. The van der Waals surface area contributed by atoms with E-state index in [4.69, 9.17) is 5.73 Å². The molecule has 1 saturated heterocycles. The summed E-state index contributed by atoms with van der Waals surface area (Å²) in [5.74, 6) is -3.08. The lowest BCUT2D eigenvalue weighted by Gasteiger charge is -2.18. The lowest BCUT2D eigenvalue weighted by molar-refractivity contribution is 0.101. The van der Waals surface area contributed by atoms with Crippen molar-refractivity contribution in [2.24, 2.45) is 5.73 Å². The summed E-state index contributed by atoms with van der Waals surface area (Å²) in [6.45, 7) is 2.19. The predicted octanol–water partition coefficient (Wildman–Crippen LogP) is 3.69. The number of halogens is 3. The molecule has 0 aliphatic carbocycles. The number of nitrogens with zero attached hydrogens (tertiary/aromatic N) is 3. The van der Waals surface area contributed by atoms with Crippen LogP contribution < -0.4 is 10.6 Å². The Labute approximate surface area is 171 Å². The van der Waals surface area contributed by atoms with Crippen molar-refractivity contribution >= 4 is 11.6 Å². The minimum atomic E-state index is -1.23. The molecule has 2 aromatic carbocycles. The van der Waals surface area contributed by atoms with E-state index in [2.05, 4.69) is 9.97 Å². The van der Waals surface area contributed by atoms with E-state index < -0.39 is 29.4 Å². The molecule has 1 aliphatic heterocycles. The van der Waals surface area contributed by atoms with Crippen molar-refractivity contribution in [2.45, 2.75) is 18.9 Å². The summed E-state index contributed by atoms with van der Waals surface area (Å²) in [5, 5.41) is 0. The second-order valence-corrected chi connectivity index (χ2v) is 7.36. The number of benzene rings is 2. The number of carbonyl (C=O) groups is 1. The maximum atomic E-state index is 14.2. The first kappa shape index (κ1) is 20.0. The van der Waals surface area contributed by atoms with Crippen LogP contribution in [0.2, 0.25) is 0 Å². The third kappa shape index (κ3) is 3.78. The summed E-state index contributed by atoms with van der Waals surface area (Å²) in [4.78, 5) is 21.9. The number of aromatic nitrogens is 2. The molecule has 30 heavy (non-hydrogen) atoms. The van der Waals surface area contributed by atoms with Crippen LogP contribution in [0.3, 0.4) is 0 Å². The normalized spacial score (nSPS) is 18.6. The molecule has 0 unspecified atom stereocenters. The average molecular weight is 412 g/mol. The number of hydrogen-bond donors (Lipinski definition) is 1. The zero-order valence-corrected chi connectivity index (χ0v) is 16.1. The van der Waals surface area contributed by atoms with Gasteiger partial charge in [-0.05, 0) is 18.6 Å². The number of Topliss-reactive ketones (excluding diaryl/α,β-unsaturated/α-hetero) is 1. The summed E-state index contributed by atoms with van der Waals surface area (Å²) in [6.07, 6.45) is 1.42. The van der Waals surface area contributed by atoms with Crippen molar-refractivity contribution in [1.29, 1.82) is 0 Å². The maximum Gasteiger partial charge on any atom is 0.161 e. The molecule has 0 spiro atoms. The van der Waals surface area contributed by atoms with Crippen LogP contribution in [0.25, 0.3) is 11.3 Å². The van der Waals surface area contributed by atoms with Crippen LogP contribution in [0, 0.1) is 17.5 Å². The quantitative estimate of drug-likeness (QED) is 0.523. The van der Waals surface area contributed by atoms with E-state index in [1.54, 1.807) is 30.3 Å². The highest BCUT2D eigenvalue weighted by molar-refractivity contribution is 5.94. The highest BCUT2D eigenvalue weighted by atomic mass is 19.2. The van der Waals surface area contributed by atoms with Gasteiger partial charge in [0.15, 0.2) is 17.4 Å². The van der Waals surface area contributed by atoms with E-state index in [-0.39, 0.29) is 11.3 Å². The van der Waals surface area contributed by atoms with E-state index in [9.17, 15) is 18.0 Å². The molecule has 1 aromatic heterocycles. The molecule has 4 rings (SSSR count). The summed E-state index contributed by atoms with van der Waals surface area (Å²) in [7, 11) is 0. The van der Waals surface area contributed by atoms with E-state index in [0.717, 1.165) is 11.6 Å². The highest BCUT2D eigenvalue weighted by Gasteiger charge is 2.34. The monoisotopic (exact) mass is 412 g/mol. The van der Waals surface area contributed by atoms with Gasteiger partial charge in [-0.2, -0.15) is 0 Å². The van der Waals surface area contributed by atoms with Gasteiger partial charge in [-0.1, -0.05) is 24.3 Å². The fraction of sp³-hybridized carbons (Fsp3) is 0.227. The molecule has 2 heterocycles. The van der Waals surface area contributed by atoms with Gasteiger partial charge in [-0.3, -0.25) is 4.79 Å². The third-order valence-electron chi connectivity index (χ3n) is 5.37. The fourth-order valence-corrected chi connectivity index (χ4v) is 3.72. The Morgan fingerprint density at radius 2 is 1.70 bits per heavy atom. The molecule has 5 nitrogen and oxygen atoms in total. The average Bonchev–Trinajstić information content (AvgIpc) is 3.12. The van der Waals surface area contributed by atoms with Gasteiger partial charge in [0.1, 0.15) is 18.0 Å². The third-order valence-corrected chi connectivity index (χ3v) is 5.37. The van der Waals surface area contributed by atoms with E-state index in [0.29, 0.717) is 36.2 Å². The van der Waals surface area contributed by atoms with Gasteiger partial charge in [-0.25, -0.2) is 23.1 Å². The van der Waals surface area contributed by atoms with E-state index in [1.165, 1.54) is 13.3 Å². The smallest absolute Gasteiger partial charge is 0.161 e. The summed E-state index contributed by atoms with van der Waals surface area (Å²) in [5.41, 5.74) is 8.32. The fourth-order valence-electron chi connectivity index (χ4n) is 3.72. The molecule has 154 valence electrons. The Hall–Kier alpha value is -3.26. The van der Waals surface area contributed by atoms with Gasteiger partial charge in [0.25, 0.3) is 0 Å². The molecular weight excluding hydrogens is 393 g/mol. The van der Waals surface area contributed by atoms with Crippen LogP contribution in [-0.2, 0) is 0 Å². The predicted molar refractivity (Wildman–Crippen MR) is 107 cm³/mol. The summed E-state index contributed by atoms with van der Waals surface area (Å²) >= 11 is 0. The minimum Gasteiger partial charge on any atom is -0.354 e. The van der Waals surface area contributed by atoms with Crippen LogP contribution in [-0.4, -0.2) is 34.9 Å². The lowest BCUT2D eigenvalue weighted by Crippen LogP contribution is -2.29. The topological polar surface area (TPSA) is 72.1 Å². The first-order valence-electron chi connectivity index (χ1n) is 9.42. The summed E-state index contributed by atoms with van der Waals surface area (Å²) < 4.78 is 41.1. The molecule has 0 amide bonds. The Morgan fingerprint density at radius 3 is 2.40 bits per heavy atom. The second-order valence-electron chi connectivity index (χ2n) is 7.36. The Bertz CT molecular complexity index is 1100. The number of ketones is 1. The van der Waals surface area contributed by atoms with Crippen molar-refractivity contribution in [3.8, 4) is 11.3 Å². The van der Waals surface area contributed by atoms with Crippen LogP contribution >= 0.6 is 0 Å². The molecule has 1 aliphatic rings. The Kier molecular flexibility index (Phi) is 5.26. The zero-order chi connectivity index (χ0) is 21.4. The summed E-state index contributed by atoms with van der Waals surface area (Å²) in [6, 6.07) is 9.79.